The van der Waals surface area contributed by atoms with E-state index in [1.807, 2.05) is 65.4 Å². The van der Waals surface area contributed by atoms with Crippen molar-refractivity contribution >= 4 is 17.2 Å². The molecule has 3 nitrogen and oxygen atoms in total. The maximum absolute atomic E-state index is 11.1. The first-order chi connectivity index (χ1) is 9.88. The minimum absolute atomic E-state index is 0.434. The van der Waals surface area contributed by atoms with Gasteiger partial charge in [-0.3, -0.25) is 4.79 Å². The topological polar surface area (TPSA) is 31.2 Å². The minimum atomic E-state index is 0.434. The minimum Gasteiger partial charge on any atom is -0.356 e. The van der Waals surface area contributed by atoms with Crippen molar-refractivity contribution in [3.8, 4) is 0 Å². The van der Waals surface area contributed by atoms with E-state index in [2.05, 4.69) is 0 Å². The van der Waals surface area contributed by atoms with Crippen molar-refractivity contribution in [3.63, 3.8) is 0 Å². The zero-order valence-electron chi connectivity index (χ0n) is 11.0. The highest BCUT2D eigenvalue weighted by Crippen LogP contribution is 2.19. The largest absolute Gasteiger partial charge is 0.356 e. The summed E-state index contributed by atoms with van der Waals surface area (Å²) in [6.07, 6.45) is 2.83. The van der Waals surface area contributed by atoms with Gasteiger partial charge in [-0.05, 0) is 17.7 Å². The number of nitrogens with zero attached hydrogens (tertiary/aromatic N) is 1. The highest BCUT2D eigenvalue weighted by atomic mass is 16.5. The Morgan fingerprint density at radius 1 is 1.00 bits per heavy atom. The van der Waals surface area contributed by atoms with E-state index in [9.17, 15) is 4.79 Å². The Morgan fingerprint density at radius 2 is 1.85 bits per heavy atom. The average Bonchev–Trinajstić information content (AvgIpc) is 2.92. The molecule has 0 bridgehead atoms. The summed E-state index contributed by atoms with van der Waals surface area (Å²) < 4.78 is 7.68. The predicted octanol–water partition coefficient (Wildman–Crippen LogP) is 3.63. The van der Waals surface area contributed by atoms with Crippen molar-refractivity contribution in [3.05, 3.63) is 71.9 Å². The molecular formula is C17H15NO2. The van der Waals surface area contributed by atoms with Crippen LogP contribution in [0.15, 0.2) is 60.8 Å². The smallest absolute Gasteiger partial charge is 0.152 e. The van der Waals surface area contributed by atoms with E-state index in [4.69, 9.17) is 4.74 Å². The van der Waals surface area contributed by atoms with Gasteiger partial charge in [0, 0.05) is 17.1 Å². The van der Waals surface area contributed by atoms with Crippen LogP contribution in [-0.4, -0.2) is 10.9 Å². The predicted molar refractivity (Wildman–Crippen MR) is 78.6 cm³/mol. The Morgan fingerprint density at radius 3 is 2.65 bits per heavy atom. The summed E-state index contributed by atoms with van der Waals surface area (Å²) in [7, 11) is 0. The zero-order chi connectivity index (χ0) is 13.8. The number of ether oxygens (including phenoxy) is 1. The van der Waals surface area contributed by atoms with Crippen LogP contribution >= 0.6 is 0 Å². The van der Waals surface area contributed by atoms with Crippen molar-refractivity contribution in [2.45, 2.75) is 13.3 Å². The molecule has 2 aromatic carbocycles. The van der Waals surface area contributed by atoms with Gasteiger partial charge in [0.2, 0.25) is 0 Å². The van der Waals surface area contributed by atoms with Gasteiger partial charge in [-0.25, -0.2) is 0 Å². The summed E-state index contributed by atoms with van der Waals surface area (Å²) in [6.45, 7) is 0.993. The van der Waals surface area contributed by atoms with Gasteiger partial charge < -0.3 is 9.30 Å². The lowest BCUT2D eigenvalue weighted by molar-refractivity contribution is 0.0667. The van der Waals surface area contributed by atoms with Crippen LogP contribution in [0, 0.1) is 0 Å². The number of aldehydes is 1. The first kappa shape index (κ1) is 12.6. The number of aromatic nitrogens is 1. The second-order valence-corrected chi connectivity index (χ2v) is 4.65. The van der Waals surface area contributed by atoms with Crippen LogP contribution in [-0.2, 0) is 18.1 Å². The zero-order valence-corrected chi connectivity index (χ0v) is 11.0. The Balaban J connectivity index is 1.76. The van der Waals surface area contributed by atoms with Crippen molar-refractivity contribution < 1.29 is 9.53 Å². The number of rotatable bonds is 5. The van der Waals surface area contributed by atoms with Gasteiger partial charge in [0.05, 0.1) is 12.1 Å². The lowest BCUT2D eigenvalue weighted by Crippen LogP contribution is -2.02. The van der Waals surface area contributed by atoms with Gasteiger partial charge >= 0.3 is 0 Å². The monoisotopic (exact) mass is 265 g/mol. The van der Waals surface area contributed by atoms with E-state index >= 15 is 0 Å². The molecule has 0 saturated heterocycles. The van der Waals surface area contributed by atoms with Crippen LogP contribution in [0.2, 0.25) is 0 Å². The maximum atomic E-state index is 11.1. The lowest BCUT2D eigenvalue weighted by atomic mass is 10.1. The summed E-state index contributed by atoms with van der Waals surface area (Å²) in [5.74, 6) is 0. The van der Waals surface area contributed by atoms with Crippen LogP contribution in [0.5, 0.6) is 0 Å². The number of para-hydroxylation sites is 1. The molecule has 0 radical (unpaired) electrons. The summed E-state index contributed by atoms with van der Waals surface area (Å²) in [6, 6.07) is 17.7. The molecule has 0 fully saturated rings. The Bertz CT molecular complexity index is 716. The summed E-state index contributed by atoms with van der Waals surface area (Å²) in [5, 5.41) is 1.05. The second-order valence-electron chi connectivity index (χ2n) is 4.65. The molecule has 0 amide bonds. The summed E-state index contributed by atoms with van der Waals surface area (Å²) >= 11 is 0. The first-order valence-corrected chi connectivity index (χ1v) is 6.53. The maximum Gasteiger partial charge on any atom is 0.152 e. The normalized spacial score (nSPS) is 10.8. The van der Waals surface area contributed by atoms with Gasteiger partial charge in [0.1, 0.15) is 6.73 Å². The number of carbonyl (C=O) groups excluding carboxylic acids is 1. The van der Waals surface area contributed by atoms with Crippen LogP contribution < -0.4 is 0 Å². The molecule has 0 aliphatic heterocycles. The van der Waals surface area contributed by atoms with E-state index in [0.717, 1.165) is 22.8 Å². The standard InChI is InChI=1S/C17H15NO2/c19-11-16-8-4-7-15-9-10-18(17(15)16)13-20-12-14-5-2-1-3-6-14/h1-11H,12-13H2. The van der Waals surface area contributed by atoms with Crippen LogP contribution in [0.25, 0.3) is 10.9 Å². The van der Waals surface area contributed by atoms with Crippen molar-refractivity contribution in [1.29, 1.82) is 0 Å². The highest BCUT2D eigenvalue weighted by molar-refractivity contribution is 5.96. The molecule has 1 heterocycles. The van der Waals surface area contributed by atoms with E-state index in [1.165, 1.54) is 0 Å². The molecule has 3 aromatic rings. The molecule has 0 atom stereocenters. The first-order valence-electron chi connectivity index (χ1n) is 6.53. The van der Waals surface area contributed by atoms with Crippen molar-refractivity contribution in [1.82, 2.24) is 4.57 Å². The van der Waals surface area contributed by atoms with Gasteiger partial charge in [-0.1, -0.05) is 42.5 Å². The summed E-state index contributed by atoms with van der Waals surface area (Å²) in [5.41, 5.74) is 2.76. The molecule has 0 unspecified atom stereocenters. The summed E-state index contributed by atoms with van der Waals surface area (Å²) in [4.78, 5) is 11.1. The fourth-order valence-corrected chi connectivity index (χ4v) is 2.33. The molecule has 0 aliphatic carbocycles. The third-order valence-corrected chi connectivity index (χ3v) is 3.29. The number of hydrogen-bond donors (Lipinski definition) is 0. The van der Waals surface area contributed by atoms with Gasteiger partial charge in [-0.2, -0.15) is 0 Å². The number of hydrogen-bond acceptors (Lipinski definition) is 2. The van der Waals surface area contributed by atoms with E-state index in [0.29, 0.717) is 18.9 Å². The second kappa shape index (κ2) is 5.72. The number of carbonyl (C=O) groups is 1. The molecule has 3 heteroatoms. The highest BCUT2D eigenvalue weighted by Gasteiger charge is 2.05. The van der Waals surface area contributed by atoms with Crippen LogP contribution in [0.3, 0.4) is 0 Å². The Kier molecular flexibility index (Phi) is 3.61. The third-order valence-electron chi connectivity index (χ3n) is 3.29. The fraction of sp³-hybridized carbons (Fsp3) is 0.118. The third kappa shape index (κ3) is 2.49. The quantitative estimate of drug-likeness (QED) is 0.660. The fourth-order valence-electron chi connectivity index (χ4n) is 2.33. The van der Waals surface area contributed by atoms with Gasteiger partial charge in [-0.15, -0.1) is 0 Å². The molecular weight excluding hydrogens is 250 g/mol. The average molecular weight is 265 g/mol. The van der Waals surface area contributed by atoms with Crippen LogP contribution in [0.1, 0.15) is 15.9 Å². The number of fused-ring (bicyclic) bond motifs is 1. The molecule has 20 heavy (non-hydrogen) atoms. The van der Waals surface area contributed by atoms with Crippen molar-refractivity contribution in [2.24, 2.45) is 0 Å². The van der Waals surface area contributed by atoms with Gasteiger partial charge in [0.15, 0.2) is 6.29 Å². The van der Waals surface area contributed by atoms with E-state index < -0.39 is 0 Å². The lowest BCUT2D eigenvalue weighted by Gasteiger charge is -2.08. The molecule has 0 aliphatic rings. The van der Waals surface area contributed by atoms with Gasteiger partial charge in [0.25, 0.3) is 0 Å². The molecule has 3 rings (SSSR count). The SMILES string of the molecule is O=Cc1cccc2ccn(COCc3ccccc3)c12. The molecule has 1 aromatic heterocycles. The van der Waals surface area contributed by atoms with Crippen molar-refractivity contribution in [2.75, 3.05) is 0 Å². The molecule has 100 valence electrons. The molecule has 0 saturated carbocycles. The van der Waals surface area contributed by atoms with Crippen LogP contribution in [0.4, 0.5) is 0 Å². The number of benzene rings is 2. The Hall–Kier alpha value is -2.39. The Labute approximate surface area is 117 Å². The molecule has 0 spiro atoms. The molecule has 0 N–H and O–H groups in total. The van der Waals surface area contributed by atoms with E-state index in [-0.39, 0.29) is 0 Å². The van der Waals surface area contributed by atoms with E-state index in [1.54, 1.807) is 0 Å².